The van der Waals surface area contributed by atoms with Gasteiger partial charge in [-0.05, 0) is 37.7 Å². The van der Waals surface area contributed by atoms with Crippen LogP contribution in [0.25, 0.3) is 0 Å². The van der Waals surface area contributed by atoms with E-state index in [2.05, 4.69) is 46.1 Å². The molecule has 172 valence electrons. The van der Waals surface area contributed by atoms with Gasteiger partial charge in [0.2, 0.25) is 0 Å². The van der Waals surface area contributed by atoms with Crippen LogP contribution in [0.1, 0.15) is 25.3 Å². The number of likely N-dealkylation sites (N-methyl/N-ethyl adjacent to an activating group) is 1. The summed E-state index contributed by atoms with van der Waals surface area (Å²) in [6.45, 7) is 9.77. The van der Waals surface area contributed by atoms with E-state index in [0.717, 1.165) is 81.7 Å². The van der Waals surface area contributed by atoms with Crippen LogP contribution in [0.4, 0.5) is 5.82 Å². The molecule has 0 aliphatic carbocycles. The summed E-state index contributed by atoms with van der Waals surface area (Å²) in [7, 11) is 2.17. The standard InChI is InChI=1S/C25H36N6O/c1-3-26-25(31-13-11-23(12-14-31)32-22-7-5-4-6-8-22)28-20-21-9-10-24(27-19-21)30-17-15-29(2)16-18-30/h4-10,19,23H,3,11-18,20H2,1-2H3,(H,26,28). The number of aliphatic imine (C=N–C) groups is 1. The number of nitrogens with zero attached hydrogens (tertiary/aromatic N) is 5. The Balaban J connectivity index is 1.30. The molecule has 0 unspecified atom stereocenters. The number of hydrogen-bond donors (Lipinski definition) is 1. The van der Waals surface area contributed by atoms with E-state index in [1.165, 1.54) is 0 Å². The molecule has 32 heavy (non-hydrogen) atoms. The number of hydrogen-bond acceptors (Lipinski definition) is 5. The molecule has 0 bridgehead atoms. The van der Waals surface area contributed by atoms with Crippen molar-refractivity contribution in [1.29, 1.82) is 0 Å². The van der Waals surface area contributed by atoms with Gasteiger partial charge in [-0.15, -0.1) is 0 Å². The first-order valence-electron chi connectivity index (χ1n) is 11.8. The Bertz CT molecular complexity index is 840. The van der Waals surface area contributed by atoms with Crippen molar-refractivity contribution >= 4 is 11.8 Å². The maximum Gasteiger partial charge on any atom is 0.194 e. The summed E-state index contributed by atoms with van der Waals surface area (Å²) in [6.07, 6.45) is 4.24. The highest BCUT2D eigenvalue weighted by atomic mass is 16.5. The summed E-state index contributed by atoms with van der Waals surface area (Å²) in [4.78, 5) is 16.7. The lowest BCUT2D eigenvalue weighted by Crippen LogP contribution is -2.47. The third kappa shape index (κ3) is 6.13. The molecule has 2 aliphatic heterocycles. The van der Waals surface area contributed by atoms with Crippen molar-refractivity contribution in [2.45, 2.75) is 32.4 Å². The van der Waals surface area contributed by atoms with E-state index in [9.17, 15) is 0 Å². The summed E-state index contributed by atoms with van der Waals surface area (Å²) in [5.41, 5.74) is 1.14. The number of anilines is 1. The van der Waals surface area contributed by atoms with E-state index in [1.807, 2.05) is 36.5 Å². The number of piperazine rings is 1. The van der Waals surface area contributed by atoms with Crippen LogP contribution in [0, 0.1) is 0 Å². The molecule has 2 aliphatic rings. The summed E-state index contributed by atoms with van der Waals surface area (Å²) >= 11 is 0. The van der Waals surface area contributed by atoms with Gasteiger partial charge in [0.1, 0.15) is 17.7 Å². The van der Waals surface area contributed by atoms with Crippen molar-refractivity contribution in [2.24, 2.45) is 4.99 Å². The average molecular weight is 437 g/mol. The fourth-order valence-corrected chi connectivity index (χ4v) is 4.20. The van der Waals surface area contributed by atoms with Crippen LogP contribution in [0.3, 0.4) is 0 Å². The van der Waals surface area contributed by atoms with Gasteiger partial charge >= 0.3 is 0 Å². The SMILES string of the molecule is CCNC(=NCc1ccc(N2CCN(C)CC2)nc1)N1CCC(Oc2ccccc2)CC1. The molecule has 7 nitrogen and oxygen atoms in total. The van der Waals surface area contributed by atoms with Crippen LogP contribution in [0.15, 0.2) is 53.7 Å². The van der Waals surface area contributed by atoms with Gasteiger partial charge in [-0.2, -0.15) is 0 Å². The molecule has 1 N–H and O–H groups in total. The number of rotatable bonds is 6. The lowest BCUT2D eigenvalue weighted by Gasteiger charge is -2.34. The summed E-state index contributed by atoms with van der Waals surface area (Å²) in [6, 6.07) is 14.4. The number of nitrogens with one attached hydrogen (secondary N) is 1. The number of pyridine rings is 1. The molecular weight excluding hydrogens is 400 g/mol. The highest BCUT2D eigenvalue weighted by molar-refractivity contribution is 5.80. The van der Waals surface area contributed by atoms with Gasteiger partial charge in [0, 0.05) is 64.9 Å². The number of aromatic nitrogens is 1. The number of para-hydroxylation sites is 1. The molecule has 0 atom stereocenters. The summed E-state index contributed by atoms with van der Waals surface area (Å²) in [5.74, 6) is 3.01. The fraction of sp³-hybridized carbons (Fsp3) is 0.520. The predicted octanol–water partition coefficient (Wildman–Crippen LogP) is 2.84. The van der Waals surface area contributed by atoms with Gasteiger partial charge < -0.3 is 24.8 Å². The number of ether oxygens (including phenoxy) is 1. The van der Waals surface area contributed by atoms with Gasteiger partial charge in [0.25, 0.3) is 0 Å². The number of piperidine rings is 1. The van der Waals surface area contributed by atoms with E-state index >= 15 is 0 Å². The Labute approximate surface area is 192 Å². The van der Waals surface area contributed by atoms with Gasteiger partial charge in [-0.3, -0.25) is 0 Å². The van der Waals surface area contributed by atoms with E-state index in [0.29, 0.717) is 6.54 Å². The predicted molar refractivity (Wildman–Crippen MR) is 130 cm³/mol. The van der Waals surface area contributed by atoms with E-state index < -0.39 is 0 Å². The van der Waals surface area contributed by atoms with Crippen molar-refractivity contribution in [3.63, 3.8) is 0 Å². The van der Waals surface area contributed by atoms with E-state index in [4.69, 9.17) is 14.7 Å². The third-order valence-corrected chi connectivity index (χ3v) is 6.17. The molecule has 1 aromatic carbocycles. The normalized spacial score (nSPS) is 18.6. The highest BCUT2D eigenvalue weighted by Crippen LogP contribution is 2.19. The van der Waals surface area contributed by atoms with Crippen LogP contribution in [-0.2, 0) is 6.54 Å². The lowest BCUT2D eigenvalue weighted by atomic mass is 10.1. The first kappa shape index (κ1) is 22.4. The molecule has 4 rings (SSSR count). The Hall–Kier alpha value is -2.80. The van der Waals surface area contributed by atoms with Crippen LogP contribution in [0.2, 0.25) is 0 Å². The monoisotopic (exact) mass is 436 g/mol. The van der Waals surface area contributed by atoms with Crippen molar-refractivity contribution in [3.8, 4) is 5.75 Å². The summed E-state index contributed by atoms with van der Waals surface area (Å²) in [5, 5.41) is 3.46. The second-order valence-electron chi connectivity index (χ2n) is 8.60. The zero-order chi connectivity index (χ0) is 22.2. The minimum atomic E-state index is 0.267. The van der Waals surface area contributed by atoms with E-state index in [1.54, 1.807) is 0 Å². The largest absolute Gasteiger partial charge is 0.490 e. The van der Waals surface area contributed by atoms with Crippen molar-refractivity contribution in [2.75, 3.05) is 57.8 Å². The molecule has 2 saturated heterocycles. The Kier molecular flexibility index (Phi) is 7.82. The molecule has 0 amide bonds. The van der Waals surface area contributed by atoms with Crippen LogP contribution >= 0.6 is 0 Å². The molecule has 2 fully saturated rings. The van der Waals surface area contributed by atoms with Crippen LogP contribution in [0.5, 0.6) is 5.75 Å². The first-order valence-corrected chi connectivity index (χ1v) is 11.8. The number of guanidine groups is 1. The van der Waals surface area contributed by atoms with Gasteiger partial charge in [0.15, 0.2) is 5.96 Å². The third-order valence-electron chi connectivity index (χ3n) is 6.17. The smallest absolute Gasteiger partial charge is 0.194 e. The molecule has 0 radical (unpaired) electrons. The average Bonchev–Trinajstić information content (AvgIpc) is 2.84. The zero-order valence-electron chi connectivity index (χ0n) is 19.4. The van der Waals surface area contributed by atoms with Crippen LogP contribution in [-0.4, -0.2) is 79.7 Å². The molecule has 2 aromatic rings. The van der Waals surface area contributed by atoms with Crippen molar-refractivity contribution in [3.05, 3.63) is 54.2 Å². The lowest BCUT2D eigenvalue weighted by molar-refractivity contribution is 0.129. The van der Waals surface area contributed by atoms with Gasteiger partial charge in [-0.25, -0.2) is 9.98 Å². The first-order chi connectivity index (χ1) is 15.7. The second-order valence-corrected chi connectivity index (χ2v) is 8.60. The Morgan fingerprint density at radius 1 is 1.03 bits per heavy atom. The fourth-order valence-electron chi connectivity index (χ4n) is 4.20. The van der Waals surface area contributed by atoms with Crippen LogP contribution < -0.4 is 15.0 Å². The Morgan fingerprint density at radius 2 is 1.78 bits per heavy atom. The highest BCUT2D eigenvalue weighted by Gasteiger charge is 2.22. The maximum absolute atomic E-state index is 6.14. The number of benzene rings is 1. The van der Waals surface area contributed by atoms with Crippen molar-refractivity contribution < 1.29 is 4.74 Å². The minimum Gasteiger partial charge on any atom is -0.490 e. The zero-order valence-corrected chi connectivity index (χ0v) is 19.4. The quantitative estimate of drug-likeness (QED) is 0.555. The Morgan fingerprint density at radius 3 is 2.44 bits per heavy atom. The number of likely N-dealkylation sites (tertiary alicyclic amines) is 1. The molecule has 0 spiro atoms. The molecule has 0 saturated carbocycles. The maximum atomic E-state index is 6.14. The van der Waals surface area contributed by atoms with Gasteiger partial charge in [-0.1, -0.05) is 24.3 Å². The summed E-state index contributed by atoms with van der Waals surface area (Å²) < 4.78 is 6.14. The van der Waals surface area contributed by atoms with Crippen molar-refractivity contribution in [1.82, 2.24) is 20.1 Å². The molecule has 7 heteroatoms. The minimum absolute atomic E-state index is 0.267. The topological polar surface area (TPSA) is 56.2 Å². The molecular formula is C25H36N6O. The van der Waals surface area contributed by atoms with E-state index in [-0.39, 0.29) is 6.10 Å². The van der Waals surface area contributed by atoms with Gasteiger partial charge in [0.05, 0.1) is 6.54 Å². The molecule has 3 heterocycles. The molecule has 1 aromatic heterocycles. The second kappa shape index (κ2) is 11.2.